The zero-order chi connectivity index (χ0) is 26.0. The second-order valence-corrected chi connectivity index (χ2v) is 11.0. The number of unbranched alkanes of at least 4 members (excludes halogenated alkanes) is 17. The van der Waals surface area contributed by atoms with Gasteiger partial charge in [-0.3, -0.25) is 4.79 Å². The van der Waals surface area contributed by atoms with E-state index in [4.69, 9.17) is 0 Å². The molecule has 0 saturated heterocycles. The molecule has 0 aromatic rings. The van der Waals surface area contributed by atoms with Gasteiger partial charge in [-0.05, 0) is 18.8 Å². The molecule has 2 unspecified atom stereocenters. The first-order chi connectivity index (χ1) is 17.1. The van der Waals surface area contributed by atoms with Gasteiger partial charge < -0.3 is 15.1 Å². The van der Waals surface area contributed by atoms with E-state index >= 15 is 0 Å². The van der Waals surface area contributed by atoms with Crippen LogP contribution in [0.2, 0.25) is 0 Å². The van der Waals surface area contributed by atoms with Crippen molar-refractivity contribution in [2.45, 2.75) is 168 Å². The number of carbonyl (C=O) groups is 1. The number of hydrogen-bond acceptors (Lipinski definition) is 3. The third-order valence-electron chi connectivity index (χ3n) is 7.53. The molecule has 0 aromatic heterocycles. The fraction of sp³-hybridized carbons (Fsp3) is 0.968. The van der Waals surface area contributed by atoms with Crippen molar-refractivity contribution in [1.29, 1.82) is 0 Å². The quantitative estimate of drug-likeness (QED) is 0.112. The number of hydrogen-bond donors (Lipinski definition) is 2. The smallest absolute Gasteiger partial charge is 0.222 e. The van der Waals surface area contributed by atoms with Gasteiger partial charge in [0.25, 0.3) is 0 Å². The molecule has 0 aliphatic heterocycles. The van der Waals surface area contributed by atoms with Crippen LogP contribution in [0.25, 0.3) is 0 Å². The minimum absolute atomic E-state index is 0.160. The Morgan fingerprint density at radius 2 is 1.09 bits per heavy atom. The molecule has 0 radical (unpaired) electrons. The van der Waals surface area contributed by atoms with Crippen LogP contribution in [0.4, 0.5) is 0 Å². The van der Waals surface area contributed by atoms with Crippen LogP contribution in [0.15, 0.2) is 0 Å². The third-order valence-corrected chi connectivity index (χ3v) is 7.53. The van der Waals surface area contributed by atoms with Crippen molar-refractivity contribution in [2.24, 2.45) is 5.92 Å². The van der Waals surface area contributed by atoms with Crippen LogP contribution in [0.5, 0.6) is 0 Å². The number of rotatable bonds is 27. The molecule has 0 saturated carbocycles. The van der Waals surface area contributed by atoms with Crippen molar-refractivity contribution < 1.29 is 15.0 Å². The van der Waals surface area contributed by atoms with Gasteiger partial charge in [-0.15, -0.1) is 0 Å². The second kappa shape index (κ2) is 26.5. The Bertz CT molecular complexity index is 443. The zero-order valence-electron chi connectivity index (χ0n) is 24.1. The van der Waals surface area contributed by atoms with Crippen molar-refractivity contribution in [3.8, 4) is 0 Å². The first kappa shape index (κ1) is 34.4. The van der Waals surface area contributed by atoms with E-state index in [0.29, 0.717) is 18.9 Å². The van der Waals surface area contributed by atoms with Crippen LogP contribution in [0.3, 0.4) is 0 Å². The van der Waals surface area contributed by atoms with Crippen molar-refractivity contribution in [2.75, 3.05) is 19.7 Å². The maximum Gasteiger partial charge on any atom is 0.222 e. The average molecular weight is 498 g/mol. The van der Waals surface area contributed by atoms with Crippen LogP contribution >= 0.6 is 0 Å². The summed E-state index contributed by atoms with van der Waals surface area (Å²) in [4.78, 5) is 14.8. The lowest BCUT2D eigenvalue weighted by Gasteiger charge is -2.27. The number of amides is 1. The molecule has 0 rings (SSSR count). The van der Waals surface area contributed by atoms with Gasteiger partial charge in [0.15, 0.2) is 0 Å². The summed E-state index contributed by atoms with van der Waals surface area (Å²) < 4.78 is 0. The molecule has 35 heavy (non-hydrogen) atoms. The molecule has 2 atom stereocenters. The Kier molecular flexibility index (Phi) is 26.0. The van der Waals surface area contributed by atoms with E-state index in [1.165, 1.54) is 109 Å². The fourth-order valence-electron chi connectivity index (χ4n) is 4.99. The van der Waals surface area contributed by atoms with Crippen molar-refractivity contribution in [1.82, 2.24) is 4.90 Å². The minimum atomic E-state index is -0.834. The summed E-state index contributed by atoms with van der Waals surface area (Å²) in [5.41, 5.74) is 0. The first-order valence-corrected chi connectivity index (χ1v) is 15.7. The molecule has 210 valence electrons. The van der Waals surface area contributed by atoms with Crippen LogP contribution in [0, 0.1) is 5.92 Å². The lowest BCUT2D eigenvalue weighted by Crippen LogP contribution is -2.40. The van der Waals surface area contributed by atoms with E-state index in [1.807, 2.05) is 4.90 Å². The zero-order valence-corrected chi connectivity index (χ0v) is 24.1. The van der Waals surface area contributed by atoms with E-state index in [0.717, 1.165) is 25.7 Å². The Balaban J connectivity index is 4.03. The predicted molar refractivity (Wildman–Crippen MR) is 152 cm³/mol. The van der Waals surface area contributed by atoms with Crippen molar-refractivity contribution in [3.63, 3.8) is 0 Å². The third kappa shape index (κ3) is 22.3. The maximum atomic E-state index is 13.0. The second-order valence-electron chi connectivity index (χ2n) is 11.0. The normalized spacial score (nSPS) is 13.2. The van der Waals surface area contributed by atoms with Crippen molar-refractivity contribution in [3.05, 3.63) is 0 Å². The lowest BCUT2D eigenvalue weighted by atomic mass is 9.94. The molecule has 4 heteroatoms. The van der Waals surface area contributed by atoms with Gasteiger partial charge >= 0.3 is 0 Å². The van der Waals surface area contributed by atoms with Crippen molar-refractivity contribution >= 4 is 5.91 Å². The number of aliphatic hydroxyl groups is 2. The summed E-state index contributed by atoms with van der Waals surface area (Å²) in [6.45, 7) is 7.39. The molecular formula is C31H63NO3. The number of carbonyl (C=O) groups excluding carboxylic acids is 1. The lowest BCUT2D eigenvalue weighted by molar-refractivity contribution is -0.134. The van der Waals surface area contributed by atoms with Gasteiger partial charge in [0.1, 0.15) is 0 Å². The van der Waals surface area contributed by atoms with E-state index in [-0.39, 0.29) is 19.1 Å². The van der Waals surface area contributed by atoms with E-state index in [2.05, 4.69) is 20.8 Å². The molecule has 0 spiro atoms. The van der Waals surface area contributed by atoms with E-state index in [1.54, 1.807) is 0 Å². The van der Waals surface area contributed by atoms with Gasteiger partial charge in [-0.2, -0.15) is 0 Å². The number of aliphatic hydroxyl groups excluding tert-OH is 2. The highest BCUT2D eigenvalue weighted by Crippen LogP contribution is 2.20. The molecule has 0 aromatic carbocycles. The fourth-order valence-corrected chi connectivity index (χ4v) is 4.99. The van der Waals surface area contributed by atoms with Crippen LogP contribution in [0.1, 0.15) is 162 Å². The van der Waals surface area contributed by atoms with Crippen LogP contribution in [-0.2, 0) is 4.79 Å². The highest BCUT2D eigenvalue weighted by molar-refractivity contribution is 5.76. The largest absolute Gasteiger partial charge is 0.394 e. The van der Waals surface area contributed by atoms with E-state index in [9.17, 15) is 15.0 Å². The highest BCUT2D eigenvalue weighted by atomic mass is 16.3. The standard InChI is InChI=1S/C31H63NO3/c1-4-7-9-11-12-13-14-15-16-17-18-19-21-23-25-32(27-30(34)28-33)31(35)26-29(6-3)24-22-20-10-8-5-2/h29-30,33-34H,4-28H2,1-3H3. The Labute approximate surface area is 219 Å². The summed E-state index contributed by atoms with van der Waals surface area (Å²) in [6, 6.07) is 0. The Morgan fingerprint density at radius 1 is 0.657 bits per heavy atom. The molecule has 0 fully saturated rings. The van der Waals surface area contributed by atoms with E-state index < -0.39 is 6.10 Å². The van der Waals surface area contributed by atoms with Gasteiger partial charge in [0.2, 0.25) is 5.91 Å². The Morgan fingerprint density at radius 3 is 1.51 bits per heavy atom. The average Bonchev–Trinajstić information content (AvgIpc) is 2.86. The summed E-state index contributed by atoms with van der Waals surface area (Å²) in [7, 11) is 0. The summed E-state index contributed by atoms with van der Waals surface area (Å²) in [5, 5.41) is 19.3. The molecule has 0 aliphatic rings. The summed E-state index contributed by atoms with van der Waals surface area (Å²) >= 11 is 0. The molecular weight excluding hydrogens is 434 g/mol. The predicted octanol–water partition coefficient (Wildman–Crippen LogP) is 8.43. The topological polar surface area (TPSA) is 60.8 Å². The summed E-state index contributed by atoms with van der Waals surface area (Å²) in [5.74, 6) is 0.599. The van der Waals surface area contributed by atoms with Gasteiger partial charge in [0, 0.05) is 19.5 Å². The molecule has 4 nitrogen and oxygen atoms in total. The molecule has 1 amide bonds. The van der Waals surface area contributed by atoms with Gasteiger partial charge in [0.05, 0.1) is 12.7 Å². The minimum Gasteiger partial charge on any atom is -0.394 e. The maximum absolute atomic E-state index is 13.0. The molecule has 0 bridgehead atoms. The molecule has 0 heterocycles. The number of nitrogens with zero attached hydrogens (tertiary/aromatic N) is 1. The van der Waals surface area contributed by atoms with Gasteiger partial charge in [-0.1, -0.05) is 143 Å². The van der Waals surface area contributed by atoms with Crippen LogP contribution in [-0.4, -0.2) is 46.8 Å². The van der Waals surface area contributed by atoms with Crippen LogP contribution < -0.4 is 0 Å². The molecule has 0 aliphatic carbocycles. The SMILES string of the molecule is CCCCCCCCCCCCCCCCN(CC(O)CO)C(=O)CC(CC)CCCCCCC. The highest BCUT2D eigenvalue weighted by Gasteiger charge is 2.20. The summed E-state index contributed by atoms with van der Waals surface area (Å²) in [6.07, 6.45) is 26.8. The monoisotopic (exact) mass is 497 g/mol. The molecule has 2 N–H and O–H groups in total. The first-order valence-electron chi connectivity index (χ1n) is 15.7. The Hall–Kier alpha value is -0.610. The van der Waals surface area contributed by atoms with Gasteiger partial charge in [-0.25, -0.2) is 0 Å².